The van der Waals surface area contributed by atoms with E-state index in [2.05, 4.69) is 15.6 Å². The molecule has 1 aromatic heterocycles. The van der Waals surface area contributed by atoms with Gasteiger partial charge in [0.05, 0.1) is 18.8 Å². The zero-order valence-electron chi connectivity index (χ0n) is 10.3. The molecule has 1 amide bonds. The molecule has 0 radical (unpaired) electrons. The second-order valence-electron chi connectivity index (χ2n) is 4.66. The molecular formula is C10H18N4O3. The van der Waals surface area contributed by atoms with Gasteiger partial charge in [0.15, 0.2) is 0 Å². The summed E-state index contributed by atoms with van der Waals surface area (Å²) >= 11 is 0. The molecule has 0 saturated carbocycles. The number of nitrogens with zero attached hydrogens (tertiary/aromatic N) is 3. The fourth-order valence-electron chi connectivity index (χ4n) is 1.13. The third kappa shape index (κ3) is 5.86. The number of alkyl carbamates (subject to hydrolysis) is 1. The van der Waals surface area contributed by atoms with E-state index in [1.54, 1.807) is 27.0 Å². The van der Waals surface area contributed by atoms with Crippen LogP contribution in [0.25, 0.3) is 0 Å². The molecule has 0 fully saturated rings. The van der Waals surface area contributed by atoms with Crippen LogP contribution in [-0.4, -0.2) is 44.4 Å². The molecule has 0 bridgehead atoms. The van der Waals surface area contributed by atoms with Gasteiger partial charge in [-0.25, -0.2) is 9.48 Å². The van der Waals surface area contributed by atoms with Crippen LogP contribution in [-0.2, 0) is 11.3 Å². The van der Waals surface area contributed by atoms with E-state index in [-0.39, 0.29) is 13.1 Å². The third-order valence-corrected chi connectivity index (χ3v) is 1.75. The quantitative estimate of drug-likeness (QED) is 0.785. The average Bonchev–Trinajstić information content (AvgIpc) is 2.64. The molecule has 2 N–H and O–H groups in total. The first-order valence-electron chi connectivity index (χ1n) is 5.36. The Hall–Kier alpha value is -1.63. The molecule has 0 aliphatic rings. The molecule has 1 unspecified atom stereocenters. The summed E-state index contributed by atoms with van der Waals surface area (Å²) in [4.78, 5) is 11.3. The highest BCUT2D eigenvalue weighted by atomic mass is 16.6. The van der Waals surface area contributed by atoms with Crippen molar-refractivity contribution in [2.45, 2.75) is 39.0 Å². The van der Waals surface area contributed by atoms with Gasteiger partial charge in [-0.1, -0.05) is 5.21 Å². The molecule has 0 spiro atoms. The van der Waals surface area contributed by atoms with Crippen molar-refractivity contribution < 1.29 is 14.6 Å². The van der Waals surface area contributed by atoms with Crippen molar-refractivity contribution in [3.8, 4) is 0 Å². The Morgan fingerprint density at radius 3 is 2.82 bits per heavy atom. The lowest BCUT2D eigenvalue weighted by Gasteiger charge is -2.20. The van der Waals surface area contributed by atoms with Crippen molar-refractivity contribution in [2.24, 2.45) is 0 Å². The van der Waals surface area contributed by atoms with Crippen molar-refractivity contribution >= 4 is 6.09 Å². The second kappa shape index (κ2) is 5.62. The van der Waals surface area contributed by atoms with E-state index >= 15 is 0 Å². The van der Waals surface area contributed by atoms with Crippen LogP contribution in [0.4, 0.5) is 4.79 Å². The number of aliphatic hydroxyl groups is 1. The molecule has 7 heteroatoms. The van der Waals surface area contributed by atoms with Gasteiger partial charge >= 0.3 is 6.09 Å². The Labute approximate surface area is 99.8 Å². The lowest BCUT2D eigenvalue weighted by molar-refractivity contribution is 0.0482. The number of aliphatic hydroxyl groups excluding tert-OH is 1. The summed E-state index contributed by atoms with van der Waals surface area (Å²) in [6, 6.07) is 0. The first kappa shape index (κ1) is 13.4. The van der Waals surface area contributed by atoms with Crippen LogP contribution in [0.15, 0.2) is 12.4 Å². The van der Waals surface area contributed by atoms with Gasteiger partial charge < -0.3 is 15.2 Å². The van der Waals surface area contributed by atoms with E-state index in [1.165, 1.54) is 10.9 Å². The van der Waals surface area contributed by atoms with Crippen molar-refractivity contribution in [3.63, 3.8) is 0 Å². The van der Waals surface area contributed by atoms with Crippen LogP contribution in [0.5, 0.6) is 0 Å². The first-order chi connectivity index (χ1) is 7.87. The Balaban J connectivity index is 2.24. The minimum Gasteiger partial charge on any atom is -0.444 e. The standard InChI is InChI=1S/C10H18N4O3/c1-10(2,3)17-9(16)11-6-8(15)7-14-5-4-12-13-14/h4-5,8,15H,6-7H2,1-3H3,(H,11,16). The maximum Gasteiger partial charge on any atom is 0.407 e. The predicted molar refractivity (Wildman–Crippen MR) is 60.3 cm³/mol. The monoisotopic (exact) mass is 242 g/mol. The molecule has 0 aliphatic carbocycles. The molecule has 7 nitrogen and oxygen atoms in total. The van der Waals surface area contributed by atoms with Gasteiger partial charge in [0.25, 0.3) is 0 Å². The summed E-state index contributed by atoms with van der Waals surface area (Å²) in [7, 11) is 0. The molecule has 96 valence electrons. The van der Waals surface area contributed by atoms with E-state index in [0.717, 1.165) is 0 Å². The highest BCUT2D eigenvalue weighted by Gasteiger charge is 2.16. The van der Waals surface area contributed by atoms with Crippen LogP contribution < -0.4 is 5.32 Å². The van der Waals surface area contributed by atoms with Gasteiger partial charge in [-0.3, -0.25) is 0 Å². The topological polar surface area (TPSA) is 89.3 Å². The number of nitrogens with one attached hydrogen (secondary N) is 1. The Kier molecular flexibility index (Phi) is 4.45. The summed E-state index contributed by atoms with van der Waals surface area (Å²) in [5.74, 6) is 0. The van der Waals surface area contributed by atoms with E-state index in [0.29, 0.717) is 0 Å². The Morgan fingerprint density at radius 2 is 2.29 bits per heavy atom. The van der Waals surface area contributed by atoms with Crippen LogP contribution in [0, 0.1) is 0 Å². The van der Waals surface area contributed by atoms with Crippen LogP contribution in [0.3, 0.4) is 0 Å². The SMILES string of the molecule is CC(C)(C)OC(=O)NCC(O)Cn1ccnn1. The summed E-state index contributed by atoms with van der Waals surface area (Å²) in [5, 5.41) is 19.4. The van der Waals surface area contributed by atoms with Crippen molar-refractivity contribution in [1.82, 2.24) is 20.3 Å². The van der Waals surface area contributed by atoms with Crippen molar-refractivity contribution in [3.05, 3.63) is 12.4 Å². The Bertz CT molecular complexity index is 345. The number of amides is 1. The maximum absolute atomic E-state index is 11.3. The van der Waals surface area contributed by atoms with Gasteiger partial charge in [-0.15, -0.1) is 5.10 Å². The third-order valence-electron chi connectivity index (χ3n) is 1.75. The highest BCUT2D eigenvalue weighted by Crippen LogP contribution is 2.06. The van der Waals surface area contributed by atoms with Gasteiger partial charge in [0.1, 0.15) is 5.60 Å². The number of carbonyl (C=O) groups excluding carboxylic acids is 1. The minimum absolute atomic E-state index is 0.106. The molecule has 1 aromatic rings. The zero-order valence-corrected chi connectivity index (χ0v) is 10.3. The van der Waals surface area contributed by atoms with Crippen molar-refractivity contribution in [1.29, 1.82) is 0 Å². The zero-order chi connectivity index (χ0) is 12.9. The van der Waals surface area contributed by atoms with Gasteiger partial charge in [0, 0.05) is 12.7 Å². The predicted octanol–water partition coefficient (Wildman–Crippen LogP) is 0.164. The lowest BCUT2D eigenvalue weighted by atomic mass is 10.2. The van der Waals surface area contributed by atoms with Crippen LogP contribution in [0.1, 0.15) is 20.8 Å². The molecular weight excluding hydrogens is 224 g/mol. The van der Waals surface area contributed by atoms with E-state index in [9.17, 15) is 9.90 Å². The largest absolute Gasteiger partial charge is 0.444 e. The maximum atomic E-state index is 11.3. The number of carbonyl (C=O) groups is 1. The number of rotatable bonds is 4. The summed E-state index contributed by atoms with van der Waals surface area (Å²) in [6.45, 7) is 5.71. The molecule has 0 aromatic carbocycles. The molecule has 1 heterocycles. The smallest absolute Gasteiger partial charge is 0.407 e. The molecule has 0 aliphatic heterocycles. The minimum atomic E-state index is -0.732. The second-order valence-corrected chi connectivity index (χ2v) is 4.66. The van der Waals surface area contributed by atoms with Gasteiger partial charge in [-0.2, -0.15) is 0 Å². The number of hydrogen-bond acceptors (Lipinski definition) is 5. The van der Waals surface area contributed by atoms with Crippen LogP contribution in [0.2, 0.25) is 0 Å². The first-order valence-corrected chi connectivity index (χ1v) is 5.36. The number of hydrogen-bond donors (Lipinski definition) is 2. The number of aromatic nitrogens is 3. The number of ether oxygens (including phenoxy) is 1. The highest BCUT2D eigenvalue weighted by molar-refractivity contribution is 5.67. The fraction of sp³-hybridized carbons (Fsp3) is 0.700. The molecule has 17 heavy (non-hydrogen) atoms. The average molecular weight is 242 g/mol. The summed E-state index contributed by atoms with van der Waals surface area (Å²) in [6.07, 6.45) is 1.88. The lowest BCUT2D eigenvalue weighted by Crippen LogP contribution is -2.38. The Morgan fingerprint density at radius 1 is 1.59 bits per heavy atom. The summed E-state index contributed by atoms with van der Waals surface area (Å²) < 4.78 is 6.51. The van der Waals surface area contributed by atoms with E-state index in [4.69, 9.17) is 4.74 Å². The van der Waals surface area contributed by atoms with Gasteiger partial charge in [-0.05, 0) is 20.8 Å². The molecule has 1 rings (SSSR count). The van der Waals surface area contributed by atoms with Crippen molar-refractivity contribution in [2.75, 3.05) is 6.54 Å². The molecule has 0 saturated heterocycles. The van der Waals surface area contributed by atoms with Gasteiger partial charge in [0.2, 0.25) is 0 Å². The normalized spacial score (nSPS) is 13.2. The fourth-order valence-corrected chi connectivity index (χ4v) is 1.13. The van der Waals surface area contributed by atoms with Crippen LogP contribution >= 0.6 is 0 Å². The van der Waals surface area contributed by atoms with E-state index in [1.807, 2.05) is 0 Å². The molecule has 1 atom stereocenters. The summed E-state index contributed by atoms with van der Waals surface area (Å²) in [5.41, 5.74) is -0.541. The van der Waals surface area contributed by atoms with E-state index < -0.39 is 17.8 Å².